The molecular weight excluding hydrogens is 296 g/mol. The Morgan fingerprint density at radius 1 is 1.21 bits per heavy atom. The maximum atomic E-state index is 11.9. The van der Waals surface area contributed by atoms with Gasteiger partial charge in [0.15, 0.2) is 9.84 Å². The van der Waals surface area contributed by atoms with Crippen molar-refractivity contribution in [1.29, 1.82) is 0 Å². The summed E-state index contributed by atoms with van der Waals surface area (Å²) in [5, 5.41) is 15.5. The van der Waals surface area contributed by atoms with Crippen molar-refractivity contribution in [2.24, 2.45) is 5.14 Å². The molecule has 0 atom stereocenters. The van der Waals surface area contributed by atoms with E-state index in [2.05, 4.69) is 0 Å². The maximum absolute atomic E-state index is 11.9. The number of nitro benzene ring substituents is 1. The molecule has 0 heterocycles. The van der Waals surface area contributed by atoms with Gasteiger partial charge in [-0.15, -0.1) is 0 Å². The van der Waals surface area contributed by atoms with E-state index in [1.54, 1.807) is 6.92 Å². The molecule has 0 aliphatic carbocycles. The minimum atomic E-state index is -4.09. The van der Waals surface area contributed by atoms with E-state index in [-0.39, 0.29) is 0 Å². The molecule has 0 fully saturated rings. The van der Waals surface area contributed by atoms with Crippen molar-refractivity contribution in [2.75, 3.05) is 11.5 Å². The Balaban J connectivity index is 3.28. The lowest BCUT2D eigenvalue weighted by Crippen LogP contribution is -2.23. The standard InChI is InChI=1S/C9H12N2O6S2/c1-7-2-3-8(11(12)13)9(6-7)18(14,15)4-5-19(10,16)17/h2-3,6H,4-5H2,1H3,(H2,10,16,17). The Hall–Kier alpha value is -1.52. The third kappa shape index (κ3) is 4.26. The van der Waals surface area contributed by atoms with E-state index in [1.165, 1.54) is 6.07 Å². The molecule has 0 amide bonds. The molecule has 2 N–H and O–H groups in total. The molecule has 1 rings (SSSR count). The van der Waals surface area contributed by atoms with Gasteiger partial charge in [0, 0.05) is 6.07 Å². The molecule has 0 radical (unpaired) electrons. The number of primary sulfonamides is 1. The van der Waals surface area contributed by atoms with Gasteiger partial charge in [0.05, 0.1) is 16.4 Å². The van der Waals surface area contributed by atoms with Gasteiger partial charge in [0.25, 0.3) is 5.69 Å². The summed E-state index contributed by atoms with van der Waals surface area (Å²) in [5.74, 6) is -1.59. The van der Waals surface area contributed by atoms with Crippen LogP contribution >= 0.6 is 0 Å². The van der Waals surface area contributed by atoms with E-state index in [4.69, 9.17) is 5.14 Å². The number of hydrogen-bond donors (Lipinski definition) is 1. The van der Waals surface area contributed by atoms with E-state index in [9.17, 15) is 26.9 Å². The molecule has 0 aliphatic rings. The summed E-state index contributed by atoms with van der Waals surface area (Å²) in [7, 11) is -8.05. The van der Waals surface area contributed by atoms with E-state index in [0.29, 0.717) is 5.56 Å². The first-order valence-electron chi connectivity index (χ1n) is 5.01. The van der Waals surface area contributed by atoms with Gasteiger partial charge < -0.3 is 0 Å². The fourth-order valence-corrected chi connectivity index (χ4v) is 4.21. The molecule has 8 nitrogen and oxygen atoms in total. The monoisotopic (exact) mass is 308 g/mol. The third-order valence-corrected chi connectivity index (χ3v) is 5.05. The van der Waals surface area contributed by atoms with Gasteiger partial charge in [-0.05, 0) is 18.6 Å². The van der Waals surface area contributed by atoms with Crippen molar-refractivity contribution in [3.05, 3.63) is 33.9 Å². The summed E-state index contributed by atoms with van der Waals surface area (Å²) >= 11 is 0. The molecule has 0 unspecified atom stereocenters. The van der Waals surface area contributed by atoms with Crippen LogP contribution in [0.5, 0.6) is 0 Å². The summed E-state index contributed by atoms with van der Waals surface area (Å²) in [4.78, 5) is 9.45. The lowest BCUT2D eigenvalue weighted by molar-refractivity contribution is -0.387. The molecule has 1 aromatic carbocycles. The van der Waals surface area contributed by atoms with Crippen molar-refractivity contribution in [2.45, 2.75) is 11.8 Å². The van der Waals surface area contributed by atoms with Gasteiger partial charge >= 0.3 is 0 Å². The minimum Gasteiger partial charge on any atom is -0.258 e. The highest BCUT2D eigenvalue weighted by Crippen LogP contribution is 2.25. The Bertz CT molecular complexity index is 708. The lowest BCUT2D eigenvalue weighted by Gasteiger charge is -2.05. The van der Waals surface area contributed by atoms with Crippen molar-refractivity contribution in [3.63, 3.8) is 0 Å². The van der Waals surface area contributed by atoms with Crippen LogP contribution in [0.1, 0.15) is 5.56 Å². The van der Waals surface area contributed by atoms with Crippen molar-refractivity contribution < 1.29 is 21.8 Å². The Morgan fingerprint density at radius 3 is 2.26 bits per heavy atom. The molecule has 106 valence electrons. The van der Waals surface area contributed by atoms with Crippen LogP contribution in [0.25, 0.3) is 0 Å². The largest absolute Gasteiger partial charge is 0.287 e. The predicted octanol–water partition coefficient (Wildman–Crippen LogP) is -0.0346. The van der Waals surface area contributed by atoms with Gasteiger partial charge in [-0.2, -0.15) is 0 Å². The number of benzene rings is 1. The number of hydrogen-bond acceptors (Lipinski definition) is 6. The first-order valence-corrected chi connectivity index (χ1v) is 8.38. The van der Waals surface area contributed by atoms with Crippen LogP contribution in [0, 0.1) is 17.0 Å². The van der Waals surface area contributed by atoms with Crippen LogP contribution < -0.4 is 5.14 Å². The van der Waals surface area contributed by atoms with E-state index < -0.39 is 46.9 Å². The molecule has 10 heteroatoms. The van der Waals surface area contributed by atoms with Gasteiger partial charge in [-0.3, -0.25) is 10.1 Å². The van der Waals surface area contributed by atoms with E-state index >= 15 is 0 Å². The van der Waals surface area contributed by atoms with Crippen LogP contribution in [0.2, 0.25) is 0 Å². The van der Waals surface area contributed by atoms with Crippen molar-refractivity contribution in [3.8, 4) is 0 Å². The van der Waals surface area contributed by atoms with Crippen molar-refractivity contribution >= 4 is 25.5 Å². The highest BCUT2D eigenvalue weighted by Gasteiger charge is 2.26. The lowest BCUT2D eigenvalue weighted by atomic mass is 10.2. The smallest absolute Gasteiger partial charge is 0.258 e. The quantitative estimate of drug-likeness (QED) is 0.598. The number of nitrogens with two attached hydrogens (primary N) is 1. The molecule has 0 aromatic heterocycles. The normalized spacial score (nSPS) is 12.3. The molecular formula is C9H12N2O6S2. The second kappa shape index (κ2) is 5.23. The van der Waals surface area contributed by atoms with E-state index in [0.717, 1.165) is 12.1 Å². The average molecular weight is 308 g/mol. The number of nitrogens with zero attached hydrogens (tertiary/aromatic N) is 1. The first kappa shape index (κ1) is 15.5. The van der Waals surface area contributed by atoms with Gasteiger partial charge in [0.1, 0.15) is 4.90 Å². The molecule has 0 aliphatic heterocycles. The second-order valence-electron chi connectivity index (χ2n) is 3.91. The number of sulfonamides is 1. The fourth-order valence-electron chi connectivity index (χ4n) is 1.36. The zero-order chi connectivity index (χ0) is 14.8. The molecule has 0 spiro atoms. The topological polar surface area (TPSA) is 137 Å². The number of aryl methyl sites for hydroxylation is 1. The van der Waals surface area contributed by atoms with Gasteiger partial charge in [-0.1, -0.05) is 6.07 Å². The average Bonchev–Trinajstić information content (AvgIpc) is 2.25. The van der Waals surface area contributed by atoms with Gasteiger partial charge in [-0.25, -0.2) is 22.0 Å². The number of sulfone groups is 1. The summed E-state index contributed by atoms with van der Waals surface area (Å²) in [5.41, 5.74) is -0.0696. The summed E-state index contributed by atoms with van der Waals surface area (Å²) < 4.78 is 45.4. The zero-order valence-electron chi connectivity index (χ0n) is 9.94. The third-order valence-electron chi connectivity index (χ3n) is 2.28. The van der Waals surface area contributed by atoms with Crippen LogP contribution in [-0.2, 0) is 19.9 Å². The first-order chi connectivity index (χ1) is 8.53. The van der Waals surface area contributed by atoms with Crippen LogP contribution in [-0.4, -0.2) is 33.3 Å². The predicted molar refractivity (Wildman–Crippen MR) is 67.9 cm³/mol. The van der Waals surface area contributed by atoms with Crippen LogP contribution in [0.3, 0.4) is 0 Å². The number of rotatable bonds is 5. The molecule has 0 saturated heterocycles. The minimum absolute atomic E-state index is 0.499. The molecule has 1 aromatic rings. The molecule has 0 saturated carbocycles. The number of nitro groups is 1. The van der Waals surface area contributed by atoms with Crippen LogP contribution in [0.15, 0.2) is 23.1 Å². The fraction of sp³-hybridized carbons (Fsp3) is 0.333. The highest BCUT2D eigenvalue weighted by atomic mass is 32.2. The SMILES string of the molecule is Cc1ccc([N+](=O)[O-])c(S(=O)(=O)CCS(N)(=O)=O)c1. The highest BCUT2D eigenvalue weighted by molar-refractivity contribution is 7.94. The maximum Gasteiger partial charge on any atom is 0.287 e. The Kier molecular flexibility index (Phi) is 4.28. The van der Waals surface area contributed by atoms with Crippen molar-refractivity contribution in [1.82, 2.24) is 0 Å². The second-order valence-corrected chi connectivity index (χ2v) is 7.73. The van der Waals surface area contributed by atoms with Gasteiger partial charge in [0.2, 0.25) is 10.0 Å². The summed E-state index contributed by atoms with van der Waals surface area (Å²) in [6, 6.07) is 3.60. The van der Waals surface area contributed by atoms with E-state index in [1.807, 2.05) is 0 Å². The molecule has 0 bridgehead atoms. The summed E-state index contributed by atoms with van der Waals surface area (Å²) in [6.07, 6.45) is 0. The summed E-state index contributed by atoms with van der Waals surface area (Å²) in [6.45, 7) is 1.57. The Morgan fingerprint density at radius 2 is 1.79 bits per heavy atom. The Labute approximate surface area is 110 Å². The zero-order valence-corrected chi connectivity index (χ0v) is 11.6. The molecule has 19 heavy (non-hydrogen) atoms. The van der Waals surface area contributed by atoms with Crippen LogP contribution in [0.4, 0.5) is 5.69 Å².